The van der Waals surface area contributed by atoms with Crippen LogP contribution in [0, 0.1) is 13.8 Å². The lowest BCUT2D eigenvalue weighted by Gasteiger charge is -2.23. The van der Waals surface area contributed by atoms with Gasteiger partial charge in [-0.15, -0.1) is 11.8 Å². The summed E-state index contributed by atoms with van der Waals surface area (Å²) in [5.41, 5.74) is 3.49. The molecule has 1 unspecified atom stereocenters. The quantitative estimate of drug-likeness (QED) is 0.777. The van der Waals surface area contributed by atoms with E-state index in [1.807, 2.05) is 39.0 Å². The van der Waals surface area contributed by atoms with Gasteiger partial charge in [0, 0.05) is 17.0 Å². The van der Waals surface area contributed by atoms with Gasteiger partial charge in [-0.05, 0) is 62.2 Å². The predicted octanol–water partition coefficient (Wildman–Crippen LogP) is 3.86. The molecule has 1 atom stereocenters. The van der Waals surface area contributed by atoms with Gasteiger partial charge in [0.05, 0.1) is 19.6 Å². The molecule has 0 aromatic heterocycles. The third-order valence-corrected chi connectivity index (χ3v) is 5.94. The fourth-order valence-corrected chi connectivity index (χ4v) is 4.30. The van der Waals surface area contributed by atoms with E-state index >= 15 is 0 Å². The van der Waals surface area contributed by atoms with E-state index in [1.54, 1.807) is 42.0 Å². The van der Waals surface area contributed by atoms with Crippen LogP contribution in [0.25, 0.3) is 0 Å². The highest BCUT2D eigenvalue weighted by Crippen LogP contribution is 2.30. The maximum atomic E-state index is 13.1. The van der Waals surface area contributed by atoms with Gasteiger partial charge < -0.3 is 19.7 Å². The van der Waals surface area contributed by atoms with Gasteiger partial charge in [-0.1, -0.05) is 6.07 Å². The maximum absolute atomic E-state index is 13.1. The van der Waals surface area contributed by atoms with E-state index in [9.17, 15) is 9.59 Å². The number of hydrogen-bond acceptors (Lipinski definition) is 5. The lowest BCUT2D eigenvalue weighted by molar-refractivity contribution is -0.119. The summed E-state index contributed by atoms with van der Waals surface area (Å²) in [6.07, 6.45) is 0. The highest BCUT2D eigenvalue weighted by molar-refractivity contribution is 7.99. The Labute approximate surface area is 175 Å². The molecule has 7 heteroatoms. The van der Waals surface area contributed by atoms with E-state index in [0.29, 0.717) is 35.3 Å². The highest BCUT2D eigenvalue weighted by atomic mass is 32.2. The lowest BCUT2D eigenvalue weighted by Crippen LogP contribution is -2.44. The summed E-state index contributed by atoms with van der Waals surface area (Å²) in [6.45, 7) is 6.37. The van der Waals surface area contributed by atoms with Gasteiger partial charge in [-0.3, -0.25) is 9.59 Å². The van der Waals surface area contributed by atoms with Crippen LogP contribution in [0.3, 0.4) is 0 Å². The minimum absolute atomic E-state index is 0.176. The summed E-state index contributed by atoms with van der Waals surface area (Å²) in [5.74, 6) is 1.76. The van der Waals surface area contributed by atoms with Crippen LogP contribution in [0.15, 0.2) is 36.4 Å². The van der Waals surface area contributed by atoms with Crippen LogP contribution in [-0.2, 0) is 4.79 Å². The van der Waals surface area contributed by atoms with Gasteiger partial charge >= 0.3 is 0 Å². The Kier molecular flexibility index (Phi) is 6.69. The van der Waals surface area contributed by atoms with Crippen molar-refractivity contribution in [2.75, 3.05) is 30.7 Å². The van der Waals surface area contributed by atoms with Crippen LogP contribution < -0.4 is 14.8 Å². The number of nitrogens with zero attached hydrogens (tertiary/aromatic N) is 1. The van der Waals surface area contributed by atoms with Gasteiger partial charge in [0.25, 0.3) is 5.91 Å². The number of aryl methyl sites for hydroxylation is 2. The van der Waals surface area contributed by atoms with E-state index in [2.05, 4.69) is 5.32 Å². The molecular weight excluding hydrogens is 388 g/mol. The van der Waals surface area contributed by atoms with E-state index in [0.717, 1.165) is 11.3 Å². The Hall–Kier alpha value is -2.67. The molecule has 1 aliphatic heterocycles. The number of ether oxygens (including phenoxy) is 2. The molecule has 1 fully saturated rings. The zero-order chi connectivity index (χ0) is 21.0. The van der Waals surface area contributed by atoms with Crippen molar-refractivity contribution in [2.45, 2.75) is 26.8 Å². The molecule has 2 aromatic rings. The van der Waals surface area contributed by atoms with Crippen molar-refractivity contribution in [1.82, 2.24) is 4.90 Å². The standard InChI is InChI=1S/C22H26N2O4S/c1-5-28-20-11-16(7-9-19(20)27-4)22(26)24-13-29-12-18(24)21(25)23-17-8-6-14(2)15(3)10-17/h6-11,18H,5,12-13H2,1-4H3,(H,23,25). The Bertz CT molecular complexity index is 916. The van der Waals surface area contributed by atoms with Crippen molar-refractivity contribution in [3.05, 3.63) is 53.1 Å². The molecule has 1 saturated heterocycles. The largest absolute Gasteiger partial charge is 0.493 e. The third-order valence-electron chi connectivity index (χ3n) is 4.93. The molecule has 1 heterocycles. The van der Waals surface area contributed by atoms with E-state index < -0.39 is 6.04 Å². The molecule has 1 N–H and O–H groups in total. The first kappa shape index (κ1) is 21.0. The lowest BCUT2D eigenvalue weighted by atomic mass is 10.1. The Morgan fingerprint density at radius 3 is 2.62 bits per heavy atom. The molecule has 0 saturated carbocycles. The SMILES string of the molecule is CCOc1cc(C(=O)N2CSCC2C(=O)Nc2ccc(C)c(C)c2)ccc1OC. The summed E-state index contributed by atoms with van der Waals surface area (Å²) >= 11 is 1.57. The second-order valence-electron chi connectivity index (χ2n) is 6.88. The number of rotatable bonds is 6. The molecule has 2 aromatic carbocycles. The molecule has 1 aliphatic rings. The Balaban J connectivity index is 1.77. The normalized spacial score (nSPS) is 15.9. The van der Waals surface area contributed by atoms with E-state index in [1.165, 1.54) is 5.56 Å². The number of carbonyl (C=O) groups is 2. The second-order valence-corrected chi connectivity index (χ2v) is 7.88. The first-order valence-electron chi connectivity index (χ1n) is 9.52. The third kappa shape index (κ3) is 4.67. The molecular formula is C22H26N2O4S. The van der Waals surface area contributed by atoms with E-state index in [4.69, 9.17) is 9.47 Å². The summed E-state index contributed by atoms with van der Waals surface area (Å²) in [4.78, 5) is 27.6. The number of anilines is 1. The van der Waals surface area contributed by atoms with Gasteiger partial charge in [0.1, 0.15) is 6.04 Å². The maximum Gasteiger partial charge on any atom is 0.255 e. The van der Waals surface area contributed by atoms with Crippen molar-refractivity contribution in [1.29, 1.82) is 0 Å². The zero-order valence-corrected chi connectivity index (χ0v) is 18.0. The first-order chi connectivity index (χ1) is 13.9. The van der Waals surface area contributed by atoms with Gasteiger partial charge in [-0.25, -0.2) is 0 Å². The molecule has 0 bridgehead atoms. The zero-order valence-electron chi connectivity index (χ0n) is 17.2. The molecule has 6 nitrogen and oxygen atoms in total. The molecule has 3 rings (SSSR count). The Morgan fingerprint density at radius 1 is 1.14 bits per heavy atom. The topological polar surface area (TPSA) is 67.9 Å². The molecule has 0 radical (unpaired) electrons. The van der Waals surface area contributed by atoms with Crippen LogP contribution in [0.5, 0.6) is 11.5 Å². The predicted molar refractivity (Wildman–Crippen MR) is 116 cm³/mol. The monoisotopic (exact) mass is 414 g/mol. The highest BCUT2D eigenvalue weighted by Gasteiger charge is 2.35. The minimum Gasteiger partial charge on any atom is -0.493 e. The Morgan fingerprint density at radius 2 is 1.93 bits per heavy atom. The summed E-state index contributed by atoms with van der Waals surface area (Å²) in [7, 11) is 1.56. The number of nitrogens with one attached hydrogen (secondary N) is 1. The number of methoxy groups -OCH3 is 1. The molecule has 29 heavy (non-hydrogen) atoms. The molecule has 154 valence electrons. The van der Waals surface area contributed by atoms with Crippen LogP contribution in [0.4, 0.5) is 5.69 Å². The fourth-order valence-electron chi connectivity index (χ4n) is 3.15. The summed E-state index contributed by atoms with van der Waals surface area (Å²) in [5, 5.41) is 2.95. The van der Waals surface area contributed by atoms with Crippen molar-refractivity contribution < 1.29 is 19.1 Å². The fraction of sp³-hybridized carbons (Fsp3) is 0.364. The van der Waals surface area contributed by atoms with Gasteiger partial charge in [-0.2, -0.15) is 0 Å². The van der Waals surface area contributed by atoms with Crippen molar-refractivity contribution in [3.63, 3.8) is 0 Å². The molecule has 2 amide bonds. The molecule has 0 spiro atoms. The second kappa shape index (κ2) is 9.22. The smallest absolute Gasteiger partial charge is 0.255 e. The van der Waals surface area contributed by atoms with E-state index in [-0.39, 0.29) is 11.8 Å². The van der Waals surface area contributed by atoms with Crippen molar-refractivity contribution in [2.24, 2.45) is 0 Å². The number of amides is 2. The number of thioether (sulfide) groups is 1. The van der Waals surface area contributed by atoms with Crippen molar-refractivity contribution in [3.8, 4) is 11.5 Å². The van der Waals surface area contributed by atoms with Crippen LogP contribution >= 0.6 is 11.8 Å². The minimum atomic E-state index is -0.522. The van der Waals surface area contributed by atoms with Crippen molar-refractivity contribution >= 4 is 29.3 Å². The molecule has 0 aliphatic carbocycles. The number of hydrogen-bond donors (Lipinski definition) is 1. The van der Waals surface area contributed by atoms with Gasteiger partial charge in [0.15, 0.2) is 11.5 Å². The van der Waals surface area contributed by atoms with Crippen LogP contribution in [-0.4, -0.2) is 48.1 Å². The summed E-state index contributed by atoms with van der Waals surface area (Å²) in [6, 6.07) is 10.4. The number of carbonyl (C=O) groups excluding carboxylic acids is 2. The van der Waals surface area contributed by atoms with Crippen LogP contribution in [0.1, 0.15) is 28.4 Å². The average Bonchev–Trinajstić information content (AvgIpc) is 3.20. The number of benzene rings is 2. The first-order valence-corrected chi connectivity index (χ1v) is 10.7. The van der Waals surface area contributed by atoms with Crippen LogP contribution in [0.2, 0.25) is 0 Å². The van der Waals surface area contributed by atoms with Gasteiger partial charge in [0.2, 0.25) is 5.91 Å². The summed E-state index contributed by atoms with van der Waals surface area (Å²) < 4.78 is 10.9. The average molecular weight is 415 g/mol.